The van der Waals surface area contributed by atoms with Gasteiger partial charge in [0.2, 0.25) is 5.91 Å². The zero-order valence-corrected chi connectivity index (χ0v) is 37.3. The first-order valence-electron chi connectivity index (χ1n) is 24.4. The van der Waals surface area contributed by atoms with Gasteiger partial charge in [-0.2, -0.15) is 0 Å². The van der Waals surface area contributed by atoms with Crippen molar-refractivity contribution >= 4 is 5.91 Å². The molecule has 3 atom stereocenters. The van der Waals surface area contributed by atoms with Gasteiger partial charge < -0.3 is 20.6 Å². The van der Waals surface area contributed by atoms with Crippen molar-refractivity contribution in [2.24, 2.45) is 0 Å². The Morgan fingerprint density at radius 2 is 0.786 bits per heavy atom. The highest BCUT2D eigenvalue weighted by molar-refractivity contribution is 5.76. The average molecular weight is 786 g/mol. The molecule has 5 heteroatoms. The van der Waals surface area contributed by atoms with Gasteiger partial charge in [-0.15, -0.1) is 0 Å². The van der Waals surface area contributed by atoms with E-state index in [-0.39, 0.29) is 18.9 Å². The van der Waals surface area contributed by atoms with Crippen LogP contribution in [0.25, 0.3) is 0 Å². The molecule has 5 nitrogen and oxygen atoms in total. The molecule has 0 heterocycles. The van der Waals surface area contributed by atoms with Crippen molar-refractivity contribution in [1.82, 2.24) is 5.32 Å². The lowest BCUT2D eigenvalue weighted by Crippen LogP contribution is -2.45. The summed E-state index contributed by atoms with van der Waals surface area (Å²) in [5.74, 6) is -0.330. The molecule has 0 aliphatic heterocycles. The average Bonchev–Trinajstić information content (AvgIpc) is 3.19. The molecule has 0 rings (SSSR count). The maximum atomic E-state index is 12.4. The molecule has 0 aliphatic rings. The van der Waals surface area contributed by atoms with Crippen molar-refractivity contribution in [2.75, 3.05) is 6.61 Å². The van der Waals surface area contributed by atoms with Crippen molar-refractivity contribution in [3.8, 4) is 0 Å². The Kier molecular flexibility index (Phi) is 44.6. The van der Waals surface area contributed by atoms with Crippen LogP contribution in [0.15, 0.2) is 48.6 Å². The van der Waals surface area contributed by atoms with Crippen molar-refractivity contribution in [1.29, 1.82) is 0 Å². The largest absolute Gasteiger partial charge is 0.394 e. The first kappa shape index (κ1) is 54.3. The third-order valence-corrected chi connectivity index (χ3v) is 11.1. The minimum absolute atomic E-state index is 0.00209. The van der Waals surface area contributed by atoms with Crippen LogP contribution in [-0.2, 0) is 4.79 Å². The predicted octanol–water partition coefficient (Wildman–Crippen LogP) is 14.5. The quantitative estimate of drug-likeness (QED) is 0.0366. The number of amides is 1. The SMILES string of the molecule is CCCC/C=C/CC/C=C/CC/C=C/C(O)C(CO)NC(=O)CC(O)CCCCCCCCCCCCCCC/C=C\CCCCCCCCCCCCCC. The lowest BCUT2D eigenvalue weighted by molar-refractivity contribution is -0.124. The Labute approximate surface area is 348 Å². The second-order valence-electron chi connectivity index (χ2n) is 16.7. The van der Waals surface area contributed by atoms with E-state index in [1.54, 1.807) is 6.08 Å². The topological polar surface area (TPSA) is 89.8 Å². The van der Waals surface area contributed by atoms with Crippen LogP contribution in [0, 0.1) is 0 Å². The molecule has 0 aromatic carbocycles. The number of rotatable bonds is 44. The summed E-state index contributed by atoms with van der Waals surface area (Å²) in [6, 6.07) is -0.767. The van der Waals surface area contributed by atoms with Gasteiger partial charge in [-0.3, -0.25) is 4.79 Å². The fraction of sp³-hybridized carbons (Fsp3) is 0.824. The van der Waals surface area contributed by atoms with E-state index in [4.69, 9.17) is 0 Å². The van der Waals surface area contributed by atoms with E-state index in [1.807, 2.05) is 6.08 Å². The molecule has 328 valence electrons. The van der Waals surface area contributed by atoms with Crippen LogP contribution in [-0.4, -0.2) is 46.1 Å². The third-order valence-electron chi connectivity index (χ3n) is 11.1. The van der Waals surface area contributed by atoms with Crippen molar-refractivity contribution in [3.05, 3.63) is 48.6 Å². The molecule has 0 spiro atoms. The van der Waals surface area contributed by atoms with Crippen LogP contribution in [0.3, 0.4) is 0 Å². The molecule has 4 N–H and O–H groups in total. The number of nitrogens with one attached hydrogen (secondary N) is 1. The lowest BCUT2D eigenvalue weighted by Gasteiger charge is -2.21. The van der Waals surface area contributed by atoms with Crippen LogP contribution in [0.1, 0.15) is 245 Å². The number of carbonyl (C=O) groups excluding carboxylic acids is 1. The zero-order chi connectivity index (χ0) is 40.8. The molecule has 0 bridgehead atoms. The van der Waals surface area contributed by atoms with E-state index in [1.165, 1.54) is 180 Å². The van der Waals surface area contributed by atoms with Gasteiger partial charge in [0.05, 0.1) is 31.3 Å². The van der Waals surface area contributed by atoms with Gasteiger partial charge in [0, 0.05) is 0 Å². The Bertz CT molecular complexity index is 912. The number of aliphatic hydroxyl groups is 3. The maximum Gasteiger partial charge on any atom is 0.222 e. The van der Waals surface area contributed by atoms with Gasteiger partial charge in [0.1, 0.15) is 0 Å². The van der Waals surface area contributed by atoms with E-state index in [2.05, 4.69) is 55.6 Å². The highest BCUT2D eigenvalue weighted by atomic mass is 16.3. The molecule has 0 aromatic rings. The highest BCUT2D eigenvalue weighted by Gasteiger charge is 2.20. The van der Waals surface area contributed by atoms with Crippen molar-refractivity contribution in [3.63, 3.8) is 0 Å². The summed E-state index contributed by atoms with van der Waals surface area (Å²) in [6.45, 7) is 4.15. The summed E-state index contributed by atoms with van der Waals surface area (Å²) in [5.41, 5.74) is 0. The molecule has 1 amide bonds. The predicted molar refractivity (Wildman–Crippen MR) is 245 cm³/mol. The van der Waals surface area contributed by atoms with Gasteiger partial charge >= 0.3 is 0 Å². The molecule has 0 fully saturated rings. The number of unbranched alkanes of at least 4 members (excludes halogenated alkanes) is 29. The zero-order valence-electron chi connectivity index (χ0n) is 37.3. The van der Waals surface area contributed by atoms with Crippen LogP contribution in [0.5, 0.6) is 0 Å². The smallest absolute Gasteiger partial charge is 0.222 e. The van der Waals surface area contributed by atoms with Crippen molar-refractivity contribution in [2.45, 2.75) is 263 Å². The summed E-state index contributed by atoms with van der Waals surface area (Å²) in [5, 5.41) is 33.2. The van der Waals surface area contributed by atoms with E-state index < -0.39 is 18.2 Å². The van der Waals surface area contributed by atoms with Crippen molar-refractivity contribution < 1.29 is 20.1 Å². The van der Waals surface area contributed by atoms with E-state index >= 15 is 0 Å². The first-order chi connectivity index (χ1) is 27.5. The van der Waals surface area contributed by atoms with Crippen LogP contribution >= 0.6 is 0 Å². The third kappa shape index (κ3) is 41.9. The minimum atomic E-state index is -0.959. The molecule has 56 heavy (non-hydrogen) atoms. The number of hydrogen-bond acceptors (Lipinski definition) is 4. The second kappa shape index (κ2) is 46.0. The lowest BCUT2D eigenvalue weighted by atomic mass is 10.0. The van der Waals surface area contributed by atoms with Gasteiger partial charge in [0.15, 0.2) is 0 Å². The number of allylic oxidation sites excluding steroid dienone is 7. The summed E-state index contributed by atoms with van der Waals surface area (Å²) in [7, 11) is 0. The Hall–Kier alpha value is -1.69. The van der Waals surface area contributed by atoms with Gasteiger partial charge in [-0.25, -0.2) is 0 Å². The van der Waals surface area contributed by atoms with E-state index in [0.29, 0.717) is 6.42 Å². The molecule has 0 saturated carbocycles. The van der Waals surface area contributed by atoms with Crippen LogP contribution in [0.4, 0.5) is 0 Å². The van der Waals surface area contributed by atoms with Gasteiger partial charge in [-0.05, 0) is 64.2 Å². The fourth-order valence-corrected chi connectivity index (χ4v) is 7.29. The Balaban J connectivity index is 3.56. The summed E-state index contributed by atoms with van der Waals surface area (Å²) >= 11 is 0. The number of aliphatic hydroxyl groups excluding tert-OH is 3. The number of hydrogen-bond donors (Lipinski definition) is 4. The highest BCUT2D eigenvalue weighted by Crippen LogP contribution is 2.16. The summed E-state index contributed by atoms with van der Waals surface area (Å²) in [4.78, 5) is 12.4. The molecule has 0 aromatic heterocycles. The van der Waals surface area contributed by atoms with E-state index in [9.17, 15) is 20.1 Å². The molecular formula is C51H95NO4. The standard InChI is InChI=1S/C51H95NO4/c1-3-5-7-9-11-13-15-17-18-19-20-21-22-23-24-25-26-27-28-29-30-31-32-33-34-36-38-40-42-44-48(54)46-51(56)52-49(47-53)50(55)45-43-41-39-37-35-16-14-12-10-8-6-4-2/h10,12,23-24,35,37,43,45,48-50,53-55H,3-9,11,13-22,25-34,36,38-42,44,46-47H2,1-2H3,(H,52,56)/b12-10+,24-23-,37-35+,45-43+. The maximum absolute atomic E-state index is 12.4. The Morgan fingerprint density at radius 1 is 0.446 bits per heavy atom. The normalized spacial score (nSPS) is 13.9. The van der Waals surface area contributed by atoms with E-state index in [0.717, 1.165) is 38.5 Å². The van der Waals surface area contributed by atoms with Crippen LogP contribution < -0.4 is 5.32 Å². The number of carbonyl (C=O) groups is 1. The fourth-order valence-electron chi connectivity index (χ4n) is 7.29. The second-order valence-corrected chi connectivity index (χ2v) is 16.7. The molecule has 0 radical (unpaired) electrons. The minimum Gasteiger partial charge on any atom is -0.394 e. The molecule has 0 saturated heterocycles. The molecule has 3 unspecified atom stereocenters. The Morgan fingerprint density at radius 3 is 1.20 bits per heavy atom. The van der Waals surface area contributed by atoms with Gasteiger partial charge in [-0.1, -0.05) is 223 Å². The summed E-state index contributed by atoms with van der Waals surface area (Å²) in [6.07, 6.45) is 60.0. The van der Waals surface area contributed by atoms with Gasteiger partial charge in [0.25, 0.3) is 0 Å². The molecular weight excluding hydrogens is 691 g/mol. The monoisotopic (exact) mass is 786 g/mol. The first-order valence-corrected chi connectivity index (χ1v) is 24.4. The molecule has 0 aliphatic carbocycles. The van der Waals surface area contributed by atoms with Crippen LogP contribution in [0.2, 0.25) is 0 Å². The summed E-state index contributed by atoms with van der Waals surface area (Å²) < 4.78 is 0.